The number of aromatic amines is 1. The molecule has 2 N–H and O–H groups in total. The van der Waals surface area contributed by atoms with Gasteiger partial charge in [0.1, 0.15) is 5.75 Å². The van der Waals surface area contributed by atoms with E-state index in [1.54, 1.807) is 6.07 Å². The molecular formula is C16H13IN2O. The first kappa shape index (κ1) is 13.2. The van der Waals surface area contributed by atoms with Crippen molar-refractivity contribution in [3.05, 3.63) is 57.7 Å². The highest BCUT2D eigenvalue weighted by atomic mass is 127. The second kappa shape index (κ2) is 5.28. The molecule has 1 aromatic heterocycles. The molecule has 3 nitrogen and oxygen atoms in total. The first-order valence-corrected chi connectivity index (χ1v) is 7.33. The topological polar surface area (TPSA) is 48.9 Å². The van der Waals surface area contributed by atoms with Gasteiger partial charge in [0.2, 0.25) is 0 Å². The van der Waals surface area contributed by atoms with Crippen molar-refractivity contribution >= 4 is 22.6 Å². The van der Waals surface area contributed by atoms with Gasteiger partial charge in [-0.2, -0.15) is 5.10 Å². The van der Waals surface area contributed by atoms with Crippen LogP contribution in [0.3, 0.4) is 0 Å². The largest absolute Gasteiger partial charge is 0.507 e. The summed E-state index contributed by atoms with van der Waals surface area (Å²) in [6.07, 6.45) is 0. The zero-order valence-electron chi connectivity index (χ0n) is 10.9. The molecule has 0 fully saturated rings. The van der Waals surface area contributed by atoms with E-state index in [-0.39, 0.29) is 5.75 Å². The van der Waals surface area contributed by atoms with Gasteiger partial charge in [-0.1, -0.05) is 30.3 Å². The molecule has 0 saturated carbocycles. The Kier molecular flexibility index (Phi) is 3.48. The Morgan fingerprint density at radius 1 is 1.10 bits per heavy atom. The van der Waals surface area contributed by atoms with Gasteiger partial charge in [-0.3, -0.25) is 5.10 Å². The van der Waals surface area contributed by atoms with Gasteiger partial charge in [-0.25, -0.2) is 0 Å². The van der Waals surface area contributed by atoms with E-state index in [4.69, 9.17) is 0 Å². The highest BCUT2D eigenvalue weighted by Gasteiger charge is 2.11. The summed E-state index contributed by atoms with van der Waals surface area (Å²) in [5.41, 5.74) is 4.58. The molecule has 3 aromatic rings. The summed E-state index contributed by atoms with van der Waals surface area (Å²) in [5.74, 6) is 0.270. The lowest BCUT2D eigenvalue weighted by atomic mass is 10.1. The van der Waals surface area contributed by atoms with Crippen LogP contribution in [0.2, 0.25) is 0 Å². The number of aromatic nitrogens is 2. The molecule has 0 aliphatic carbocycles. The zero-order chi connectivity index (χ0) is 14.1. The summed E-state index contributed by atoms with van der Waals surface area (Å²) in [6, 6.07) is 15.7. The zero-order valence-corrected chi connectivity index (χ0v) is 13.0. The van der Waals surface area contributed by atoms with Crippen LogP contribution >= 0.6 is 22.6 Å². The maximum atomic E-state index is 10.1. The fourth-order valence-electron chi connectivity index (χ4n) is 2.10. The van der Waals surface area contributed by atoms with Crippen LogP contribution in [-0.2, 0) is 0 Å². The SMILES string of the molecule is Cc1cc(O)c(-c2cc(-c3ccccc3)n[nH]2)cc1I. The Labute approximate surface area is 130 Å². The van der Waals surface area contributed by atoms with E-state index in [1.807, 2.05) is 49.4 Å². The molecule has 3 rings (SSSR count). The molecule has 100 valence electrons. The van der Waals surface area contributed by atoms with Crippen LogP contribution in [0.5, 0.6) is 5.75 Å². The number of hydrogen-bond donors (Lipinski definition) is 2. The predicted molar refractivity (Wildman–Crippen MR) is 88.6 cm³/mol. The molecule has 0 radical (unpaired) electrons. The van der Waals surface area contributed by atoms with Crippen LogP contribution in [0, 0.1) is 10.5 Å². The van der Waals surface area contributed by atoms with Crippen LogP contribution < -0.4 is 0 Å². The molecule has 0 spiro atoms. The van der Waals surface area contributed by atoms with Crippen molar-refractivity contribution in [2.75, 3.05) is 0 Å². The number of aryl methyl sites for hydroxylation is 1. The normalized spacial score (nSPS) is 10.7. The number of hydrogen-bond acceptors (Lipinski definition) is 2. The van der Waals surface area contributed by atoms with Crippen LogP contribution in [0.15, 0.2) is 48.5 Å². The van der Waals surface area contributed by atoms with Gasteiger partial charge >= 0.3 is 0 Å². The molecule has 0 saturated heterocycles. The van der Waals surface area contributed by atoms with Crippen LogP contribution in [-0.4, -0.2) is 15.3 Å². The van der Waals surface area contributed by atoms with E-state index in [2.05, 4.69) is 32.8 Å². The smallest absolute Gasteiger partial charge is 0.125 e. The maximum absolute atomic E-state index is 10.1. The molecule has 0 aliphatic rings. The number of H-pyrrole nitrogens is 1. The third-order valence-corrected chi connectivity index (χ3v) is 4.38. The average Bonchev–Trinajstić information content (AvgIpc) is 2.93. The Morgan fingerprint density at radius 2 is 1.85 bits per heavy atom. The molecule has 20 heavy (non-hydrogen) atoms. The second-order valence-electron chi connectivity index (χ2n) is 4.65. The van der Waals surface area contributed by atoms with E-state index < -0.39 is 0 Å². The molecule has 0 unspecified atom stereocenters. The summed E-state index contributed by atoms with van der Waals surface area (Å²) in [7, 11) is 0. The molecule has 4 heteroatoms. The summed E-state index contributed by atoms with van der Waals surface area (Å²) in [6.45, 7) is 1.98. The van der Waals surface area contributed by atoms with Crippen molar-refractivity contribution in [3.63, 3.8) is 0 Å². The van der Waals surface area contributed by atoms with Crippen molar-refractivity contribution in [2.45, 2.75) is 6.92 Å². The van der Waals surface area contributed by atoms with Crippen molar-refractivity contribution in [2.24, 2.45) is 0 Å². The van der Waals surface area contributed by atoms with Gasteiger partial charge in [0.25, 0.3) is 0 Å². The van der Waals surface area contributed by atoms with E-state index in [1.165, 1.54) is 0 Å². The van der Waals surface area contributed by atoms with E-state index in [0.29, 0.717) is 0 Å². The van der Waals surface area contributed by atoms with Gasteiger partial charge < -0.3 is 5.11 Å². The first-order valence-electron chi connectivity index (χ1n) is 6.25. The molecule has 2 aromatic carbocycles. The molecule has 0 atom stereocenters. The first-order chi connectivity index (χ1) is 9.65. The summed E-state index contributed by atoms with van der Waals surface area (Å²) in [4.78, 5) is 0. The van der Waals surface area contributed by atoms with E-state index in [0.717, 1.165) is 31.6 Å². The third-order valence-electron chi connectivity index (χ3n) is 3.21. The van der Waals surface area contributed by atoms with Gasteiger partial charge in [0, 0.05) is 14.7 Å². The van der Waals surface area contributed by atoms with Gasteiger partial charge in [0.15, 0.2) is 0 Å². The lowest BCUT2D eigenvalue weighted by Gasteiger charge is -2.05. The fraction of sp³-hybridized carbons (Fsp3) is 0.0625. The van der Waals surface area contributed by atoms with Gasteiger partial charge in [-0.15, -0.1) is 0 Å². The van der Waals surface area contributed by atoms with E-state index in [9.17, 15) is 5.11 Å². The fourth-order valence-corrected chi connectivity index (χ4v) is 2.57. The van der Waals surface area contributed by atoms with Crippen LogP contribution in [0.1, 0.15) is 5.56 Å². The van der Waals surface area contributed by atoms with Crippen LogP contribution in [0.25, 0.3) is 22.5 Å². The number of benzene rings is 2. The average molecular weight is 376 g/mol. The second-order valence-corrected chi connectivity index (χ2v) is 5.81. The van der Waals surface area contributed by atoms with Crippen molar-refractivity contribution in [1.29, 1.82) is 0 Å². The number of halogens is 1. The highest BCUT2D eigenvalue weighted by molar-refractivity contribution is 14.1. The number of phenols is 1. The van der Waals surface area contributed by atoms with E-state index >= 15 is 0 Å². The standard InChI is InChI=1S/C16H13IN2O/c1-10-7-16(20)12(8-13(10)17)15-9-14(18-19-15)11-5-3-2-4-6-11/h2-9,20H,1H3,(H,18,19). The van der Waals surface area contributed by atoms with Crippen molar-refractivity contribution in [3.8, 4) is 28.3 Å². The minimum absolute atomic E-state index is 0.270. The Balaban J connectivity index is 2.05. The number of rotatable bonds is 2. The third kappa shape index (κ3) is 2.43. The lowest BCUT2D eigenvalue weighted by Crippen LogP contribution is -1.85. The summed E-state index contributed by atoms with van der Waals surface area (Å²) < 4.78 is 1.12. The number of nitrogens with zero attached hydrogens (tertiary/aromatic N) is 1. The number of aromatic hydroxyl groups is 1. The quantitative estimate of drug-likeness (QED) is 0.653. The Morgan fingerprint density at radius 3 is 2.60 bits per heavy atom. The molecular weight excluding hydrogens is 363 g/mol. The van der Waals surface area contributed by atoms with Gasteiger partial charge in [0.05, 0.1) is 11.4 Å². The van der Waals surface area contributed by atoms with Crippen LogP contribution in [0.4, 0.5) is 0 Å². The summed E-state index contributed by atoms with van der Waals surface area (Å²) >= 11 is 2.27. The Hall–Kier alpha value is -1.82. The number of nitrogens with one attached hydrogen (secondary N) is 1. The Bertz CT molecular complexity index is 750. The molecule has 0 aliphatic heterocycles. The minimum atomic E-state index is 0.270. The van der Waals surface area contributed by atoms with Crippen molar-refractivity contribution < 1.29 is 5.11 Å². The molecule has 1 heterocycles. The lowest BCUT2D eigenvalue weighted by molar-refractivity contribution is 0.476. The predicted octanol–water partition coefficient (Wildman–Crippen LogP) is 4.36. The monoisotopic (exact) mass is 376 g/mol. The maximum Gasteiger partial charge on any atom is 0.125 e. The minimum Gasteiger partial charge on any atom is -0.507 e. The molecule has 0 amide bonds. The van der Waals surface area contributed by atoms with Crippen molar-refractivity contribution in [1.82, 2.24) is 10.2 Å². The number of phenolic OH excluding ortho intramolecular Hbond substituents is 1. The van der Waals surface area contributed by atoms with Gasteiger partial charge in [-0.05, 0) is 53.3 Å². The summed E-state index contributed by atoms with van der Waals surface area (Å²) in [5, 5.41) is 17.4. The highest BCUT2D eigenvalue weighted by Crippen LogP contribution is 2.33. The molecule has 0 bridgehead atoms.